The van der Waals surface area contributed by atoms with Crippen molar-refractivity contribution in [3.8, 4) is 11.5 Å². The number of fused-ring (bicyclic) bond motifs is 1. The first-order valence-electron chi connectivity index (χ1n) is 9.82. The average molecular weight is 422 g/mol. The molecule has 9 nitrogen and oxygen atoms in total. The molecule has 0 aliphatic rings. The van der Waals surface area contributed by atoms with Crippen LogP contribution in [0.1, 0.15) is 22.7 Å². The Morgan fingerprint density at radius 3 is 2.71 bits per heavy atom. The number of aryl methyl sites for hydroxylation is 1. The van der Waals surface area contributed by atoms with E-state index in [0.717, 1.165) is 0 Å². The van der Waals surface area contributed by atoms with E-state index in [1.165, 1.54) is 9.08 Å². The summed E-state index contributed by atoms with van der Waals surface area (Å²) in [5.74, 6) is 1.60. The average Bonchev–Trinajstić information content (AvgIpc) is 3.40. The molecule has 1 N–H and O–H groups in total. The zero-order valence-electron chi connectivity index (χ0n) is 17.0. The fraction of sp³-hybridized carbons (Fsp3) is 0.227. The van der Waals surface area contributed by atoms with Crippen molar-refractivity contribution in [1.29, 1.82) is 0 Å². The summed E-state index contributed by atoms with van der Waals surface area (Å²) in [7, 11) is 1.57. The fourth-order valence-corrected chi connectivity index (χ4v) is 3.10. The first-order valence-corrected chi connectivity index (χ1v) is 9.82. The molecule has 1 amide bonds. The maximum Gasteiger partial charge on any atom is 0.350 e. The molecule has 0 radical (unpaired) electrons. The van der Waals surface area contributed by atoms with Crippen molar-refractivity contribution >= 4 is 11.6 Å². The summed E-state index contributed by atoms with van der Waals surface area (Å²) in [5, 5.41) is 7.05. The number of nitrogens with zero attached hydrogens (tertiary/aromatic N) is 3. The number of amides is 1. The van der Waals surface area contributed by atoms with Crippen LogP contribution in [0.5, 0.6) is 11.5 Å². The molecule has 3 heterocycles. The van der Waals surface area contributed by atoms with E-state index < -0.39 is 0 Å². The van der Waals surface area contributed by atoms with Gasteiger partial charge in [-0.2, -0.15) is 0 Å². The number of nitrogens with one attached hydrogen (secondary N) is 1. The van der Waals surface area contributed by atoms with Gasteiger partial charge in [-0.05, 0) is 42.8 Å². The van der Waals surface area contributed by atoms with Crippen LogP contribution < -0.4 is 20.5 Å². The number of pyridine rings is 1. The highest BCUT2D eigenvalue weighted by Gasteiger charge is 2.12. The first kappa shape index (κ1) is 20.3. The quantitative estimate of drug-likeness (QED) is 0.416. The van der Waals surface area contributed by atoms with E-state index in [4.69, 9.17) is 13.9 Å². The molecule has 0 fully saturated rings. The van der Waals surface area contributed by atoms with Crippen LogP contribution in [0.4, 0.5) is 0 Å². The Morgan fingerprint density at radius 2 is 1.90 bits per heavy atom. The molecular weight excluding hydrogens is 400 g/mol. The largest absolute Gasteiger partial charge is 0.493 e. The number of furan rings is 1. The van der Waals surface area contributed by atoms with Gasteiger partial charge in [0.25, 0.3) is 5.91 Å². The van der Waals surface area contributed by atoms with E-state index in [0.29, 0.717) is 42.4 Å². The minimum Gasteiger partial charge on any atom is -0.493 e. The van der Waals surface area contributed by atoms with Crippen LogP contribution >= 0.6 is 0 Å². The molecule has 160 valence electrons. The van der Waals surface area contributed by atoms with E-state index in [2.05, 4.69) is 10.4 Å². The molecule has 1 aromatic carbocycles. The zero-order valence-corrected chi connectivity index (χ0v) is 17.0. The molecule has 9 heteroatoms. The lowest BCUT2D eigenvalue weighted by atomic mass is 10.3. The standard InChI is InChI=1S/C22H22N4O5/c1-29-17-7-2-3-8-18(17)30-15-16-10-11-19(31-16)21(27)23-12-6-14-26-22(28)25-13-5-4-9-20(25)24-26/h2-5,7-11,13H,6,12,14-15H2,1H3,(H,23,27). The van der Waals surface area contributed by atoms with Crippen molar-refractivity contribution in [3.63, 3.8) is 0 Å². The van der Waals surface area contributed by atoms with Crippen LogP contribution in [0, 0.1) is 0 Å². The number of hydrogen-bond acceptors (Lipinski definition) is 6. The molecule has 0 unspecified atom stereocenters. The molecule has 0 saturated carbocycles. The zero-order chi connectivity index (χ0) is 21.6. The van der Waals surface area contributed by atoms with E-state index in [1.807, 2.05) is 18.2 Å². The topological polar surface area (TPSA) is 100 Å². The third kappa shape index (κ3) is 4.61. The van der Waals surface area contributed by atoms with E-state index in [9.17, 15) is 9.59 Å². The number of para-hydroxylation sites is 2. The minimum atomic E-state index is -0.328. The van der Waals surface area contributed by atoms with Gasteiger partial charge in [-0.15, -0.1) is 5.10 Å². The third-order valence-electron chi connectivity index (χ3n) is 4.65. The van der Waals surface area contributed by atoms with Gasteiger partial charge in [-0.25, -0.2) is 9.48 Å². The maximum atomic E-state index is 12.3. The molecular formula is C22H22N4O5. The maximum absolute atomic E-state index is 12.3. The third-order valence-corrected chi connectivity index (χ3v) is 4.65. The number of carbonyl (C=O) groups is 1. The van der Waals surface area contributed by atoms with Gasteiger partial charge < -0.3 is 19.2 Å². The van der Waals surface area contributed by atoms with Gasteiger partial charge >= 0.3 is 5.69 Å². The summed E-state index contributed by atoms with van der Waals surface area (Å²) in [5.41, 5.74) is 0.391. The Bertz CT molecular complexity index is 1240. The second kappa shape index (κ2) is 9.21. The van der Waals surface area contributed by atoms with Crippen LogP contribution in [-0.2, 0) is 13.2 Å². The van der Waals surface area contributed by atoms with Gasteiger partial charge in [0.15, 0.2) is 22.9 Å². The molecule has 0 atom stereocenters. The van der Waals surface area contributed by atoms with Gasteiger partial charge in [0.05, 0.1) is 7.11 Å². The smallest absolute Gasteiger partial charge is 0.350 e. The lowest BCUT2D eigenvalue weighted by Gasteiger charge is -2.08. The number of benzene rings is 1. The molecule has 4 rings (SSSR count). The van der Waals surface area contributed by atoms with E-state index >= 15 is 0 Å². The van der Waals surface area contributed by atoms with E-state index in [-0.39, 0.29) is 24.0 Å². The number of aromatic nitrogens is 3. The summed E-state index contributed by atoms with van der Waals surface area (Å²) in [6.45, 7) is 0.953. The van der Waals surface area contributed by atoms with Crippen molar-refractivity contribution < 1.29 is 18.7 Å². The first-order chi connectivity index (χ1) is 15.2. The molecule has 0 saturated heterocycles. The Kier molecular flexibility index (Phi) is 6.02. The lowest BCUT2D eigenvalue weighted by molar-refractivity contribution is 0.0920. The summed E-state index contributed by atoms with van der Waals surface area (Å²) in [6, 6.07) is 16.0. The van der Waals surface area contributed by atoms with E-state index in [1.54, 1.807) is 49.7 Å². The van der Waals surface area contributed by atoms with Crippen molar-refractivity contribution in [1.82, 2.24) is 19.5 Å². The second-order valence-electron chi connectivity index (χ2n) is 6.75. The molecule has 0 spiro atoms. The number of rotatable bonds is 9. The highest BCUT2D eigenvalue weighted by Crippen LogP contribution is 2.26. The summed E-state index contributed by atoms with van der Waals surface area (Å²) in [4.78, 5) is 24.5. The SMILES string of the molecule is COc1ccccc1OCc1ccc(C(=O)NCCCn2nc3ccccn3c2=O)o1. The molecule has 0 bridgehead atoms. The van der Waals surface area contributed by atoms with Crippen LogP contribution in [-0.4, -0.2) is 33.7 Å². The number of carbonyl (C=O) groups excluding carboxylic acids is 1. The van der Waals surface area contributed by atoms with Crippen LogP contribution in [0.2, 0.25) is 0 Å². The molecule has 4 aromatic rings. The Hall–Kier alpha value is -4.01. The number of hydrogen-bond donors (Lipinski definition) is 1. The van der Waals surface area contributed by atoms with Crippen molar-refractivity contribution in [2.75, 3.05) is 13.7 Å². The molecule has 0 aliphatic heterocycles. The van der Waals surface area contributed by atoms with Crippen LogP contribution in [0.3, 0.4) is 0 Å². The van der Waals surface area contributed by atoms with Crippen LogP contribution in [0.25, 0.3) is 5.65 Å². The van der Waals surface area contributed by atoms with Crippen molar-refractivity contribution in [3.05, 3.63) is 82.8 Å². The second-order valence-corrected chi connectivity index (χ2v) is 6.75. The van der Waals surface area contributed by atoms with Gasteiger partial charge in [-0.1, -0.05) is 18.2 Å². The minimum absolute atomic E-state index is 0.171. The van der Waals surface area contributed by atoms with Crippen molar-refractivity contribution in [2.45, 2.75) is 19.6 Å². The van der Waals surface area contributed by atoms with Gasteiger partial charge in [0.1, 0.15) is 12.4 Å². The summed E-state index contributed by atoms with van der Waals surface area (Å²) >= 11 is 0. The Morgan fingerprint density at radius 1 is 1.10 bits per heavy atom. The van der Waals surface area contributed by atoms with Crippen molar-refractivity contribution in [2.24, 2.45) is 0 Å². The molecule has 31 heavy (non-hydrogen) atoms. The molecule has 0 aliphatic carbocycles. The molecule has 3 aromatic heterocycles. The number of ether oxygens (including phenoxy) is 2. The van der Waals surface area contributed by atoms with Gasteiger partial charge in [0, 0.05) is 19.3 Å². The Labute approximate surface area is 177 Å². The fourth-order valence-electron chi connectivity index (χ4n) is 3.10. The van der Waals surface area contributed by atoms with Gasteiger partial charge in [-0.3, -0.25) is 9.20 Å². The lowest BCUT2D eigenvalue weighted by Crippen LogP contribution is -2.27. The van der Waals surface area contributed by atoms with Crippen LogP contribution in [0.15, 0.2) is 70.0 Å². The normalized spacial score (nSPS) is 10.9. The highest BCUT2D eigenvalue weighted by atomic mass is 16.5. The Balaban J connectivity index is 1.26. The number of methoxy groups -OCH3 is 1. The monoisotopic (exact) mass is 422 g/mol. The highest BCUT2D eigenvalue weighted by molar-refractivity contribution is 5.91. The summed E-state index contributed by atoms with van der Waals surface area (Å²) < 4.78 is 19.4. The van der Waals surface area contributed by atoms with Gasteiger partial charge in [0.2, 0.25) is 0 Å². The summed E-state index contributed by atoms with van der Waals surface area (Å²) in [6.07, 6.45) is 2.23. The predicted molar refractivity (Wildman–Crippen MR) is 112 cm³/mol. The predicted octanol–water partition coefficient (Wildman–Crippen LogP) is 2.50.